The van der Waals surface area contributed by atoms with E-state index in [1.807, 2.05) is 42.5 Å². The average molecular weight is 437 g/mol. The number of benzene rings is 3. The number of ether oxygens (including phenoxy) is 1. The van der Waals surface area contributed by atoms with Crippen LogP contribution in [0.1, 0.15) is 40.4 Å². The number of hydrogen-bond donors (Lipinski definition) is 2. The Morgan fingerprint density at radius 3 is 2.39 bits per heavy atom. The molecule has 33 heavy (non-hydrogen) atoms. The maximum Gasteiger partial charge on any atom is 0.291 e. The second-order valence-corrected chi connectivity index (χ2v) is 7.47. The number of hydrogen-bond acceptors (Lipinski definition) is 5. The molecule has 1 aromatic heterocycles. The van der Waals surface area contributed by atoms with E-state index in [0.29, 0.717) is 22.8 Å². The molecular weight excluding hydrogens is 414 g/mol. The Hall–Kier alpha value is -4.50. The predicted octanol–water partition coefficient (Wildman–Crippen LogP) is 6.16. The molecule has 0 bridgehead atoms. The van der Waals surface area contributed by atoms with Crippen molar-refractivity contribution in [1.82, 2.24) is 0 Å². The molecule has 1 heterocycles. The molecular formula is C27H23N3O3. The quantitative estimate of drug-likeness (QED) is 0.345. The highest BCUT2D eigenvalue weighted by Gasteiger charge is 2.13. The van der Waals surface area contributed by atoms with Crippen LogP contribution in [0.5, 0.6) is 5.75 Å². The van der Waals surface area contributed by atoms with E-state index in [2.05, 4.69) is 35.8 Å². The van der Waals surface area contributed by atoms with Crippen molar-refractivity contribution in [3.8, 4) is 11.8 Å². The summed E-state index contributed by atoms with van der Waals surface area (Å²) < 4.78 is 11.3. The fourth-order valence-electron chi connectivity index (χ4n) is 3.33. The maximum absolute atomic E-state index is 12.5. The third kappa shape index (κ3) is 5.60. The minimum Gasteiger partial charge on any atom is -0.484 e. The Bertz CT molecular complexity index is 1260. The monoisotopic (exact) mass is 437 g/mol. The van der Waals surface area contributed by atoms with E-state index in [4.69, 9.17) is 14.4 Å². The topological polar surface area (TPSA) is 87.3 Å². The molecule has 0 saturated heterocycles. The fraction of sp³-hybridized carbons (Fsp3) is 0.111. The molecule has 0 fully saturated rings. The Labute approximate surface area is 192 Å². The SMILES string of the molecule is CC(Nc1ccc(NC(=O)c2ccc(COc3ccccc3C#N)o2)cc1)c1ccccc1. The molecule has 1 unspecified atom stereocenters. The van der Waals surface area contributed by atoms with E-state index in [0.717, 1.165) is 5.69 Å². The molecule has 0 radical (unpaired) electrons. The third-order valence-corrected chi connectivity index (χ3v) is 5.09. The summed E-state index contributed by atoms with van der Waals surface area (Å²) in [5.74, 6) is 0.791. The molecule has 6 nitrogen and oxygen atoms in total. The predicted molar refractivity (Wildman–Crippen MR) is 127 cm³/mol. The average Bonchev–Trinajstić information content (AvgIpc) is 3.34. The standard InChI is InChI=1S/C27H23N3O3/c1-19(20-7-3-2-4-8-20)29-22-11-13-23(14-12-22)30-27(31)26-16-15-24(33-26)18-32-25-10-6-5-9-21(25)17-28/h2-16,19,29H,18H2,1H3,(H,30,31). The van der Waals surface area contributed by atoms with Crippen LogP contribution in [0, 0.1) is 11.3 Å². The number of anilines is 2. The van der Waals surface area contributed by atoms with Crippen LogP contribution in [0.3, 0.4) is 0 Å². The number of nitrogens with one attached hydrogen (secondary N) is 2. The smallest absolute Gasteiger partial charge is 0.291 e. The highest BCUT2D eigenvalue weighted by molar-refractivity contribution is 6.02. The number of nitrogens with zero attached hydrogens (tertiary/aromatic N) is 1. The van der Waals surface area contributed by atoms with Gasteiger partial charge in [0.15, 0.2) is 5.76 Å². The van der Waals surface area contributed by atoms with Gasteiger partial charge < -0.3 is 19.8 Å². The number of furan rings is 1. The van der Waals surface area contributed by atoms with Gasteiger partial charge in [-0.15, -0.1) is 0 Å². The Kier molecular flexibility index (Phi) is 6.72. The van der Waals surface area contributed by atoms with Crippen molar-refractivity contribution in [3.63, 3.8) is 0 Å². The minimum atomic E-state index is -0.350. The Morgan fingerprint density at radius 1 is 0.939 bits per heavy atom. The highest BCUT2D eigenvalue weighted by Crippen LogP contribution is 2.22. The van der Waals surface area contributed by atoms with Crippen molar-refractivity contribution in [3.05, 3.63) is 114 Å². The molecule has 1 atom stereocenters. The lowest BCUT2D eigenvalue weighted by Crippen LogP contribution is -2.11. The second kappa shape index (κ2) is 10.2. The number of rotatable bonds is 8. The lowest BCUT2D eigenvalue weighted by molar-refractivity contribution is 0.0992. The zero-order valence-electron chi connectivity index (χ0n) is 18.1. The first-order chi connectivity index (χ1) is 16.1. The number of amides is 1. The van der Waals surface area contributed by atoms with Crippen molar-refractivity contribution < 1.29 is 13.9 Å². The van der Waals surface area contributed by atoms with Crippen LogP contribution in [0.4, 0.5) is 11.4 Å². The van der Waals surface area contributed by atoms with E-state index in [9.17, 15) is 4.79 Å². The first kappa shape index (κ1) is 21.7. The molecule has 164 valence electrons. The molecule has 6 heteroatoms. The van der Waals surface area contributed by atoms with Crippen molar-refractivity contribution in [2.75, 3.05) is 10.6 Å². The summed E-state index contributed by atoms with van der Waals surface area (Å²) in [5.41, 5.74) is 3.26. The lowest BCUT2D eigenvalue weighted by atomic mass is 10.1. The van der Waals surface area contributed by atoms with Gasteiger partial charge in [0.05, 0.1) is 5.56 Å². The van der Waals surface area contributed by atoms with Crippen LogP contribution < -0.4 is 15.4 Å². The van der Waals surface area contributed by atoms with Crippen LogP contribution >= 0.6 is 0 Å². The number of nitriles is 1. The Morgan fingerprint density at radius 2 is 1.64 bits per heavy atom. The first-order valence-electron chi connectivity index (χ1n) is 10.6. The van der Waals surface area contributed by atoms with Crippen LogP contribution in [0.25, 0.3) is 0 Å². The fourth-order valence-corrected chi connectivity index (χ4v) is 3.33. The van der Waals surface area contributed by atoms with Gasteiger partial charge in [0, 0.05) is 17.4 Å². The first-order valence-corrected chi connectivity index (χ1v) is 10.6. The molecule has 0 aliphatic carbocycles. The van der Waals surface area contributed by atoms with E-state index < -0.39 is 0 Å². The molecule has 4 aromatic rings. The lowest BCUT2D eigenvalue weighted by Gasteiger charge is -2.16. The Balaban J connectivity index is 1.32. The van der Waals surface area contributed by atoms with Gasteiger partial charge in [0.1, 0.15) is 24.2 Å². The zero-order valence-corrected chi connectivity index (χ0v) is 18.1. The highest BCUT2D eigenvalue weighted by atomic mass is 16.5. The molecule has 0 saturated carbocycles. The van der Waals surface area contributed by atoms with Crippen LogP contribution in [0.2, 0.25) is 0 Å². The summed E-state index contributed by atoms with van der Waals surface area (Å²) in [7, 11) is 0. The summed E-state index contributed by atoms with van der Waals surface area (Å²) in [5, 5.41) is 15.4. The molecule has 0 aliphatic rings. The van der Waals surface area contributed by atoms with Crippen molar-refractivity contribution >= 4 is 17.3 Å². The van der Waals surface area contributed by atoms with E-state index in [-0.39, 0.29) is 24.3 Å². The van der Waals surface area contributed by atoms with Crippen molar-refractivity contribution in [2.24, 2.45) is 0 Å². The van der Waals surface area contributed by atoms with Crippen LogP contribution in [-0.2, 0) is 6.61 Å². The molecule has 4 rings (SSSR count). The summed E-state index contributed by atoms with van der Waals surface area (Å²) >= 11 is 0. The van der Waals surface area contributed by atoms with Gasteiger partial charge in [-0.05, 0) is 61.0 Å². The number of carbonyl (C=O) groups is 1. The normalized spacial score (nSPS) is 11.3. The van der Waals surface area contributed by atoms with Gasteiger partial charge in [-0.1, -0.05) is 42.5 Å². The van der Waals surface area contributed by atoms with E-state index >= 15 is 0 Å². The van der Waals surface area contributed by atoms with Crippen molar-refractivity contribution in [2.45, 2.75) is 19.6 Å². The van der Waals surface area contributed by atoms with E-state index in [1.54, 1.807) is 36.4 Å². The van der Waals surface area contributed by atoms with Gasteiger partial charge >= 0.3 is 0 Å². The maximum atomic E-state index is 12.5. The van der Waals surface area contributed by atoms with Gasteiger partial charge in [-0.25, -0.2) is 0 Å². The minimum absolute atomic E-state index is 0.117. The zero-order chi connectivity index (χ0) is 23.0. The summed E-state index contributed by atoms with van der Waals surface area (Å²) in [6.45, 7) is 2.22. The van der Waals surface area contributed by atoms with Gasteiger partial charge in [-0.3, -0.25) is 4.79 Å². The van der Waals surface area contributed by atoms with Gasteiger partial charge in [-0.2, -0.15) is 5.26 Å². The molecule has 0 spiro atoms. The summed E-state index contributed by atoms with van der Waals surface area (Å²) in [6, 6.07) is 30.2. The summed E-state index contributed by atoms with van der Waals surface area (Å²) in [4.78, 5) is 12.5. The summed E-state index contributed by atoms with van der Waals surface area (Å²) in [6.07, 6.45) is 0. The van der Waals surface area contributed by atoms with E-state index in [1.165, 1.54) is 5.56 Å². The molecule has 3 aromatic carbocycles. The molecule has 0 aliphatic heterocycles. The van der Waals surface area contributed by atoms with Crippen LogP contribution in [-0.4, -0.2) is 5.91 Å². The number of para-hydroxylation sites is 1. The molecule has 1 amide bonds. The number of carbonyl (C=O) groups excluding carboxylic acids is 1. The van der Waals surface area contributed by atoms with Crippen LogP contribution in [0.15, 0.2) is 95.4 Å². The third-order valence-electron chi connectivity index (χ3n) is 5.09. The largest absolute Gasteiger partial charge is 0.484 e. The second-order valence-electron chi connectivity index (χ2n) is 7.47. The van der Waals surface area contributed by atoms with Gasteiger partial charge in [0.25, 0.3) is 5.91 Å². The van der Waals surface area contributed by atoms with Crippen molar-refractivity contribution in [1.29, 1.82) is 5.26 Å². The molecule has 2 N–H and O–H groups in total. The van der Waals surface area contributed by atoms with Gasteiger partial charge in [0.2, 0.25) is 0 Å².